The lowest BCUT2D eigenvalue weighted by atomic mass is 10.1. The van der Waals surface area contributed by atoms with Gasteiger partial charge in [-0.1, -0.05) is 40.2 Å². The zero-order valence-electron chi connectivity index (χ0n) is 16.7. The first-order valence-electron chi connectivity index (χ1n) is 9.46. The van der Waals surface area contributed by atoms with Crippen LogP contribution in [-0.2, 0) is 9.53 Å². The highest BCUT2D eigenvalue weighted by Gasteiger charge is 2.12. The smallest absolute Gasteiger partial charge is 0.330 e. The summed E-state index contributed by atoms with van der Waals surface area (Å²) in [6.45, 7) is 3.92. The molecule has 5 nitrogen and oxygen atoms in total. The second-order valence-electron chi connectivity index (χ2n) is 6.50. The third-order valence-electron chi connectivity index (χ3n) is 4.32. The van der Waals surface area contributed by atoms with Gasteiger partial charge in [0.05, 0.1) is 23.6 Å². The summed E-state index contributed by atoms with van der Waals surface area (Å²) < 4.78 is 5.83. The van der Waals surface area contributed by atoms with Gasteiger partial charge in [-0.15, -0.1) is 0 Å². The number of nitrogens with zero attached hydrogens (tertiary/aromatic N) is 1. The van der Waals surface area contributed by atoms with Crippen LogP contribution in [0.5, 0.6) is 0 Å². The molecule has 0 aliphatic carbocycles. The third kappa shape index (κ3) is 5.64. The van der Waals surface area contributed by atoms with Crippen LogP contribution in [0.3, 0.4) is 0 Å². The fraction of sp³-hybridized carbons (Fsp3) is 0.125. The molecule has 0 fully saturated rings. The van der Waals surface area contributed by atoms with E-state index in [-0.39, 0.29) is 11.9 Å². The first kappa shape index (κ1) is 21.5. The first-order valence-corrected chi connectivity index (χ1v) is 10.3. The van der Waals surface area contributed by atoms with Crippen LogP contribution < -0.4 is 5.32 Å². The van der Waals surface area contributed by atoms with Crippen LogP contribution in [0.25, 0.3) is 17.3 Å². The maximum atomic E-state index is 12.7. The first-order chi connectivity index (χ1) is 14.5. The lowest BCUT2D eigenvalue weighted by Crippen LogP contribution is -2.14. The number of aryl methyl sites for hydroxylation is 1. The van der Waals surface area contributed by atoms with E-state index in [9.17, 15) is 9.59 Å². The minimum atomic E-state index is -0.385. The molecule has 1 N–H and O–H groups in total. The zero-order chi connectivity index (χ0) is 21.5. The molecule has 0 radical (unpaired) electrons. The number of anilines is 1. The number of halogens is 1. The van der Waals surface area contributed by atoms with Gasteiger partial charge in [0.15, 0.2) is 0 Å². The van der Waals surface area contributed by atoms with Gasteiger partial charge in [-0.05, 0) is 61.9 Å². The minimum absolute atomic E-state index is 0.226. The lowest BCUT2D eigenvalue weighted by Gasteiger charge is -2.09. The van der Waals surface area contributed by atoms with Crippen molar-refractivity contribution in [1.29, 1.82) is 0 Å². The van der Waals surface area contributed by atoms with E-state index in [4.69, 9.17) is 4.74 Å². The Labute approximate surface area is 183 Å². The van der Waals surface area contributed by atoms with Crippen molar-refractivity contribution in [1.82, 2.24) is 4.98 Å². The van der Waals surface area contributed by atoms with E-state index in [2.05, 4.69) is 26.2 Å². The Balaban J connectivity index is 1.69. The molecule has 0 aliphatic heterocycles. The third-order valence-corrected chi connectivity index (χ3v) is 4.81. The zero-order valence-corrected chi connectivity index (χ0v) is 18.3. The molecule has 0 aliphatic rings. The molecular formula is C24H21BrN2O3. The van der Waals surface area contributed by atoms with Crippen LogP contribution in [0.15, 0.2) is 71.2 Å². The van der Waals surface area contributed by atoms with Crippen molar-refractivity contribution in [3.63, 3.8) is 0 Å². The van der Waals surface area contributed by atoms with Gasteiger partial charge in [-0.3, -0.25) is 9.78 Å². The number of nitrogens with one attached hydrogen (secondary N) is 1. The summed E-state index contributed by atoms with van der Waals surface area (Å²) >= 11 is 3.46. The Morgan fingerprint density at radius 3 is 2.53 bits per heavy atom. The topological polar surface area (TPSA) is 68.3 Å². The van der Waals surface area contributed by atoms with E-state index >= 15 is 0 Å². The molecule has 3 aromatic rings. The number of benzene rings is 2. The van der Waals surface area contributed by atoms with E-state index in [0.717, 1.165) is 21.3 Å². The van der Waals surface area contributed by atoms with E-state index in [1.165, 1.54) is 6.08 Å². The van der Waals surface area contributed by atoms with Crippen molar-refractivity contribution in [3.8, 4) is 11.3 Å². The number of ether oxygens (including phenoxy) is 1. The van der Waals surface area contributed by atoms with Gasteiger partial charge in [0, 0.05) is 21.8 Å². The van der Waals surface area contributed by atoms with Crippen molar-refractivity contribution < 1.29 is 14.3 Å². The molecule has 152 valence electrons. The van der Waals surface area contributed by atoms with Crippen molar-refractivity contribution in [3.05, 3.63) is 88.0 Å². The molecule has 1 amide bonds. The summed E-state index contributed by atoms with van der Waals surface area (Å²) in [4.78, 5) is 28.6. The number of hydrogen-bond donors (Lipinski definition) is 1. The quantitative estimate of drug-likeness (QED) is 0.378. The van der Waals surface area contributed by atoms with Gasteiger partial charge in [0.25, 0.3) is 5.91 Å². The maximum absolute atomic E-state index is 12.7. The molecule has 0 saturated heterocycles. The minimum Gasteiger partial charge on any atom is -0.463 e. The highest BCUT2D eigenvalue weighted by molar-refractivity contribution is 9.10. The van der Waals surface area contributed by atoms with Crippen LogP contribution in [0.1, 0.15) is 28.5 Å². The number of carbonyl (C=O) groups is 2. The fourth-order valence-corrected chi connectivity index (χ4v) is 3.24. The van der Waals surface area contributed by atoms with Crippen LogP contribution in [0.4, 0.5) is 5.69 Å². The maximum Gasteiger partial charge on any atom is 0.330 e. The molecule has 30 heavy (non-hydrogen) atoms. The van der Waals surface area contributed by atoms with Gasteiger partial charge in [-0.25, -0.2) is 4.79 Å². The molecular weight excluding hydrogens is 444 g/mol. The molecule has 0 saturated carbocycles. The van der Waals surface area contributed by atoms with Crippen molar-refractivity contribution in [2.75, 3.05) is 11.9 Å². The molecule has 2 aromatic carbocycles. The van der Waals surface area contributed by atoms with E-state index in [1.807, 2.05) is 49.4 Å². The van der Waals surface area contributed by atoms with Crippen LogP contribution in [0, 0.1) is 6.92 Å². The van der Waals surface area contributed by atoms with Crippen LogP contribution in [0.2, 0.25) is 0 Å². The molecule has 6 heteroatoms. The number of carbonyl (C=O) groups excluding carboxylic acids is 2. The molecule has 0 unspecified atom stereocenters. The van der Waals surface area contributed by atoms with Gasteiger partial charge >= 0.3 is 5.97 Å². The summed E-state index contributed by atoms with van der Waals surface area (Å²) in [6, 6.07) is 18.7. The van der Waals surface area contributed by atoms with Gasteiger partial charge in [0.1, 0.15) is 0 Å². The molecule has 1 heterocycles. The van der Waals surface area contributed by atoms with E-state index in [0.29, 0.717) is 23.6 Å². The van der Waals surface area contributed by atoms with E-state index < -0.39 is 0 Å². The summed E-state index contributed by atoms with van der Waals surface area (Å²) in [7, 11) is 0. The predicted octanol–water partition coefficient (Wildman–Crippen LogP) is 5.65. The van der Waals surface area contributed by atoms with Gasteiger partial charge in [-0.2, -0.15) is 0 Å². The highest BCUT2D eigenvalue weighted by atomic mass is 79.9. The van der Waals surface area contributed by atoms with Gasteiger partial charge < -0.3 is 10.1 Å². The average Bonchev–Trinajstić information content (AvgIpc) is 2.73. The average molecular weight is 465 g/mol. The second-order valence-corrected chi connectivity index (χ2v) is 7.42. The summed E-state index contributed by atoms with van der Waals surface area (Å²) in [5.74, 6) is -0.611. The Morgan fingerprint density at radius 1 is 1.10 bits per heavy atom. The Hall–Kier alpha value is -3.25. The standard InChI is InChI=1S/C24H21BrN2O3/c1-3-30-23(28)14-9-17-7-10-20(11-8-17)27-24(29)21-12-13-22(26-16(21)2)18-5-4-6-19(25)15-18/h4-15H,3H2,1-2H3,(H,27,29)/b14-9+. The Bertz CT molecular complexity index is 1090. The predicted molar refractivity (Wildman–Crippen MR) is 122 cm³/mol. The largest absolute Gasteiger partial charge is 0.463 e. The molecule has 0 bridgehead atoms. The summed E-state index contributed by atoms with van der Waals surface area (Å²) in [5.41, 5.74) is 4.44. The number of esters is 1. The molecule has 0 spiro atoms. The normalized spacial score (nSPS) is 10.8. The number of pyridine rings is 1. The number of hydrogen-bond acceptors (Lipinski definition) is 4. The highest BCUT2D eigenvalue weighted by Crippen LogP contribution is 2.23. The summed E-state index contributed by atoms with van der Waals surface area (Å²) in [5, 5.41) is 2.88. The number of amides is 1. The summed E-state index contributed by atoms with van der Waals surface area (Å²) in [6.07, 6.45) is 3.04. The molecule has 3 rings (SSSR count). The fourth-order valence-electron chi connectivity index (χ4n) is 2.84. The Morgan fingerprint density at radius 2 is 1.87 bits per heavy atom. The molecule has 1 aromatic heterocycles. The van der Waals surface area contributed by atoms with Crippen LogP contribution in [-0.4, -0.2) is 23.5 Å². The van der Waals surface area contributed by atoms with Crippen molar-refractivity contribution in [2.45, 2.75) is 13.8 Å². The van der Waals surface area contributed by atoms with Crippen molar-refractivity contribution >= 4 is 39.6 Å². The lowest BCUT2D eigenvalue weighted by molar-refractivity contribution is -0.137. The Kier molecular flexibility index (Phi) is 7.14. The SMILES string of the molecule is CCOC(=O)/C=C/c1ccc(NC(=O)c2ccc(-c3cccc(Br)c3)nc2C)cc1. The number of rotatable bonds is 6. The number of aromatic nitrogens is 1. The van der Waals surface area contributed by atoms with Crippen molar-refractivity contribution in [2.24, 2.45) is 0 Å². The van der Waals surface area contributed by atoms with Crippen LogP contribution >= 0.6 is 15.9 Å². The van der Waals surface area contributed by atoms with Gasteiger partial charge in [0.2, 0.25) is 0 Å². The monoisotopic (exact) mass is 464 g/mol. The second kappa shape index (κ2) is 9.98. The molecule has 0 atom stereocenters. The van der Waals surface area contributed by atoms with E-state index in [1.54, 1.807) is 31.2 Å².